The highest BCUT2D eigenvalue weighted by Crippen LogP contribution is 2.24. The van der Waals surface area contributed by atoms with Gasteiger partial charge in [0.15, 0.2) is 0 Å². The number of anilines is 1. The van der Waals surface area contributed by atoms with Gasteiger partial charge in [0, 0.05) is 26.2 Å². The van der Waals surface area contributed by atoms with E-state index in [0.29, 0.717) is 26.2 Å². The van der Waals surface area contributed by atoms with Crippen LogP contribution >= 0.6 is 11.3 Å². The zero-order valence-electron chi connectivity index (χ0n) is 10.4. The number of rotatable bonds is 2. The van der Waals surface area contributed by atoms with Gasteiger partial charge in [-0.2, -0.15) is 12.7 Å². The molecule has 0 amide bonds. The second kappa shape index (κ2) is 4.40. The third-order valence-electron chi connectivity index (χ3n) is 3.02. The minimum Gasteiger partial charge on any atom is -0.344 e. The average Bonchev–Trinajstić information content (AvgIpc) is 2.85. The van der Waals surface area contributed by atoms with Crippen LogP contribution in [0.5, 0.6) is 0 Å². The normalized spacial score (nSPS) is 18.3. The van der Waals surface area contributed by atoms with Crippen LogP contribution in [-0.4, -0.2) is 53.5 Å². The zero-order chi connectivity index (χ0) is 13.6. The lowest BCUT2D eigenvalue weighted by atomic mass is 10.4. The Morgan fingerprint density at radius 2 is 2.00 bits per heavy atom. The van der Waals surface area contributed by atoms with E-state index in [1.165, 1.54) is 15.6 Å². The molecule has 0 atom stereocenters. The van der Waals surface area contributed by atoms with E-state index < -0.39 is 10.2 Å². The third-order valence-corrected chi connectivity index (χ3v) is 5.09. The number of aromatic nitrogens is 3. The van der Waals surface area contributed by atoms with Crippen LogP contribution in [0.2, 0.25) is 0 Å². The quantitative estimate of drug-likeness (QED) is 0.801. The molecule has 1 aliphatic heterocycles. The van der Waals surface area contributed by atoms with Gasteiger partial charge in [0.1, 0.15) is 0 Å². The van der Waals surface area contributed by atoms with Crippen molar-refractivity contribution in [3.05, 3.63) is 11.9 Å². The van der Waals surface area contributed by atoms with Crippen LogP contribution in [-0.2, 0) is 10.2 Å². The van der Waals surface area contributed by atoms with Gasteiger partial charge in [-0.05, 0) is 6.92 Å². The minimum absolute atomic E-state index is 0.389. The van der Waals surface area contributed by atoms with E-state index in [1.54, 1.807) is 4.52 Å². The molecule has 1 aliphatic rings. The topological polar surface area (TPSA) is 96.8 Å². The SMILES string of the molecule is Cc1cn2nc(N3CCN(S(N)(=O)=O)CC3)sc2n1. The summed E-state index contributed by atoms with van der Waals surface area (Å²) in [6.45, 7) is 3.88. The molecule has 0 unspecified atom stereocenters. The summed E-state index contributed by atoms with van der Waals surface area (Å²) in [6.07, 6.45) is 1.87. The smallest absolute Gasteiger partial charge is 0.277 e. The molecule has 3 heterocycles. The number of nitrogens with zero attached hydrogens (tertiary/aromatic N) is 5. The van der Waals surface area contributed by atoms with E-state index in [9.17, 15) is 8.42 Å². The Balaban J connectivity index is 1.76. The predicted octanol–water partition coefficient (Wildman–Crippen LogP) is -0.575. The molecule has 2 N–H and O–H groups in total. The first-order valence-electron chi connectivity index (χ1n) is 5.79. The second-order valence-electron chi connectivity index (χ2n) is 4.43. The van der Waals surface area contributed by atoms with Crippen molar-refractivity contribution in [2.75, 3.05) is 31.1 Å². The number of fused-ring (bicyclic) bond motifs is 1. The first-order valence-corrected chi connectivity index (χ1v) is 8.11. The fourth-order valence-electron chi connectivity index (χ4n) is 2.06. The predicted molar refractivity (Wildman–Crippen MR) is 72.5 cm³/mol. The molecule has 8 nitrogen and oxygen atoms in total. The van der Waals surface area contributed by atoms with E-state index in [0.717, 1.165) is 15.8 Å². The Bertz CT molecular complexity index is 666. The van der Waals surface area contributed by atoms with E-state index in [-0.39, 0.29) is 0 Å². The summed E-state index contributed by atoms with van der Waals surface area (Å²) in [5, 5.41) is 10.4. The van der Waals surface area contributed by atoms with Gasteiger partial charge in [0.05, 0.1) is 11.9 Å². The Kier molecular flexibility index (Phi) is 2.96. The van der Waals surface area contributed by atoms with Crippen LogP contribution in [0.4, 0.5) is 5.13 Å². The molecule has 0 bridgehead atoms. The lowest BCUT2D eigenvalue weighted by Crippen LogP contribution is -2.50. The monoisotopic (exact) mass is 302 g/mol. The Morgan fingerprint density at radius 3 is 2.58 bits per heavy atom. The number of nitrogens with two attached hydrogens (primary N) is 1. The summed E-state index contributed by atoms with van der Waals surface area (Å²) in [6, 6.07) is 0. The molecule has 1 saturated heterocycles. The number of hydrogen-bond acceptors (Lipinski definition) is 6. The average molecular weight is 302 g/mol. The van der Waals surface area contributed by atoms with Crippen LogP contribution in [0.3, 0.4) is 0 Å². The largest absolute Gasteiger partial charge is 0.344 e. The van der Waals surface area contributed by atoms with Crippen molar-refractivity contribution in [3.63, 3.8) is 0 Å². The molecule has 0 saturated carbocycles. The van der Waals surface area contributed by atoms with Gasteiger partial charge in [-0.25, -0.2) is 14.6 Å². The van der Waals surface area contributed by atoms with E-state index in [4.69, 9.17) is 5.14 Å². The summed E-state index contributed by atoms with van der Waals surface area (Å²) < 4.78 is 25.5. The molecule has 10 heteroatoms. The number of hydrogen-bond donors (Lipinski definition) is 1. The maximum atomic E-state index is 11.2. The van der Waals surface area contributed by atoms with Crippen LogP contribution in [0.25, 0.3) is 4.96 Å². The van der Waals surface area contributed by atoms with Gasteiger partial charge in [0.2, 0.25) is 10.1 Å². The second-order valence-corrected chi connectivity index (χ2v) is 6.91. The molecule has 2 aromatic rings. The number of aryl methyl sites for hydroxylation is 1. The van der Waals surface area contributed by atoms with E-state index >= 15 is 0 Å². The van der Waals surface area contributed by atoms with Gasteiger partial charge < -0.3 is 4.90 Å². The maximum Gasteiger partial charge on any atom is 0.277 e. The summed E-state index contributed by atoms with van der Waals surface area (Å²) in [5.74, 6) is 0. The Hall–Kier alpha value is -1.23. The van der Waals surface area contributed by atoms with Crippen LogP contribution in [0.1, 0.15) is 5.69 Å². The highest BCUT2D eigenvalue weighted by molar-refractivity contribution is 7.86. The molecule has 3 rings (SSSR count). The summed E-state index contributed by atoms with van der Waals surface area (Å²) in [5.41, 5.74) is 0.935. The lowest BCUT2D eigenvalue weighted by molar-refractivity contribution is 0.385. The van der Waals surface area contributed by atoms with Crippen molar-refractivity contribution < 1.29 is 8.42 Å². The fourth-order valence-corrected chi connectivity index (χ4v) is 3.71. The van der Waals surface area contributed by atoms with E-state index in [2.05, 4.69) is 15.0 Å². The van der Waals surface area contributed by atoms with E-state index in [1.807, 2.05) is 13.1 Å². The molecule has 2 aromatic heterocycles. The Morgan fingerprint density at radius 1 is 1.32 bits per heavy atom. The maximum absolute atomic E-state index is 11.2. The van der Waals surface area contributed by atoms with Crippen molar-refractivity contribution in [2.24, 2.45) is 5.14 Å². The molecule has 0 spiro atoms. The molecular formula is C9H14N6O2S2. The molecule has 0 aliphatic carbocycles. The third kappa shape index (κ3) is 2.43. The molecular weight excluding hydrogens is 288 g/mol. The van der Waals surface area contributed by atoms with Crippen molar-refractivity contribution >= 4 is 31.6 Å². The molecule has 0 radical (unpaired) electrons. The van der Waals surface area contributed by atoms with Gasteiger partial charge in [0.25, 0.3) is 10.2 Å². The van der Waals surface area contributed by atoms with Crippen molar-refractivity contribution in [2.45, 2.75) is 6.92 Å². The molecule has 1 fully saturated rings. The van der Waals surface area contributed by atoms with Crippen molar-refractivity contribution in [3.8, 4) is 0 Å². The standard InChI is InChI=1S/C9H14N6O2S2/c1-7-6-15-8(11-7)18-9(12-15)13-2-4-14(5-3-13)19(10,16)17/h6H,2-5H2,1H3,(H2,10,16,17). The molecule has 0 aromatic carbocycles. The first-order chi connectivity index (χ1) is 8.93. The molecule has 19 heavy (non-hydrogen) atoms. The Labute approximate surface area is 114 Å². The lowest BCUT2D eigenvalue weighted by Gasteiger charge is -2.32. The van der Waals surface area contributed by atoms with Crippen LogP contribution < -0.4 is 10.0 Å². The van der Waals surface area contributed by atoms with Crippen LogP contribution in [0.15, 0.2) is 6.20 Å². The van der Waals surface area contributed by atoms with Gasteiger partial charge in [-0.15, -0.1) is 5.10 Å². The number of imidazole rings is 1. The van der Waals surface area contributed by atoms with Crippen LogP contribution in [0, 0.1) is 6.92 Å². The van der Waals surface area contributed by atoms with Gasteiger partial charge in [-0.1, -0.05) is 11.3 Å². The minimum atomic E-state index is -3.58. The summed E-state index contributed by atoms with van der Waals surface area (Å²) in [7, 11) is -3.58. The first kappa shape index (κ1) is 12.8. The summed E-state index contributed by atoms with van der Waals surface area (Å²) >= 11 is 1.50. The summed E-state index contributed by atoms with van der Waals surface area (Å²) in [4.78, 5) is 7.25. The van der Waals surface area contributed by atoms with Gasteiger partial charge >= 0.3 is 0 Å². The highest BCUT2D eigenvalue weighted by Gasteiger charge is 2.25. The highest BCUT2D eigenvalue weighted by atomic mass is 32.2. The number of piperazine rings is 1. The van der Waals surface area contributed by atoms with Crippen molar-refractivity contribution in [1.29, 1.82) is 0 Å². The van der Waals surface area contributed by atoms with Gasteiger partial charge in [-0.3, -0.25) is 0 Å². The molecule has 104 valence electrons. The van der Waals surface area contributed by atoms with Crippen molar-refractivity contribution in [1.82, 2.24) is 18.9 Å². The zero-order valence-corrected chi connectivity index (χ0v) is 12.0. The fraction of sp³-hybridized carbons (Fsp3) is 0.556.